The lowest BCUT2D eigenvalue weighted by molar-refractivity contribution is 0.164. The van der Waals surface area contributed by atoms with E-state index in [1.165, 1.54) is 11.3 Å². The van der Waals surface area contributed by atoms with E-state index in [-0.39, 0.29) is 6.61 Å². The number of amides is 1. The maximum Gasteiger partial charge on any atom is 0.426 e. The Morgan fingerprint density at radius 1 is 1.32 bits per heavy atom. The van der Waals surface area contributed by atoms with Crippen molar-refractivity contribution in [3.63, 3.8) is 0 Å². The molecule has 0 N–H and O–H groups in total. The highest BCUT2D eigenvalue weighted by molar-refractivity contribution is 7.81. The molecule has 0 fully saturated rings. The van der Waals surface area contributed by atoms with Gasteiger partial charge in [-0.1, -0.05) is 38.1 Å². The van der Waals surface area contributed by atoms with Crippen LogP contribution >= 0.6 is 11.3 Å². The summed E-state index contributed by atoms with van der Waals surface area (Å²) in [7, 11) is 0. The lowest BCUT2D eigenvalue weighted by atomic mass is 10.0. The van der Waals surface area contributed by atoms with E-state index in [4.69, 9.17) is 4.74 Å². The van der Waals surface area contributed by atoms with E-state index in [1.807, 2.05) is 43.5 Å². The first-order valence-corrected chi connectivity index (χ1v) is 11.9. The minimum absolute atomic E-state index is 0.0917. The third kappa shape index (κ3) is 5.61. The molecule has 0 bridgehead atoms. The van der Waals surface area contributed by atoms with Crippen LogP contribution in [0.15, 0.2) is 42.7 Å². The number of aryl methyl sites for hydroxylation is 1. The molecule has 31 heavy (non-hydrogen) atoms. The van der Waals surface area contributed by atoms with Crippen molar-refractivity contribution in [2.45, 2.75) is 40.7 Å². The molecule has 0 spiro atoms. The maximum absolute atomic E-state index is 12.4. The lowest BCUT2D eigenvalue weighted by Crippen LogP contribution is -2.32. The van der Waals surface area contributed by atoms with Gasteiger partial charge in [-0.2, -0.15) is 4.31 Å². The minimum atomic E-state index is -2.79. The number of benzene rings is 1. The summed E-state index contributed by atoms with van der Waals surface area (Å²) >= 11 is -1.49. The maximum atomic E-state index is 12.4. The van der Waals surface area contributed by atoms with E-state index in [1.54, 1.807) is 13.1 Å². The van der Waals surface area contributed by atoms with E-state index in [2.05, 4.69) is 23.4 Å². The van der Waals surface area contributed by atoms with Crippen molar-refractivity contribution in [3.05, 3.63) is 59.0 Å². The lowest BCUT2D eigenvalue weighted by Gasteiger charge is -2.23. The second-order valence-corrected chi connectivity index (χ2v) is 9.45. The van der Waals surface area contributed by atoms with Gasteiger partial charge in [0.2, 0.25) is 0 Å². The fraction of sp³-hybridized carbons (Fsp3) is 0.364. The number of ether oxygens (including phenoxy) is 1. The summed E-state index contributed by atoms with van der Waals surface area (Å²) in [4.78, 5) is 17.6. The molecule has 0 saturated heterocycles. The highest BCUT2D eigenvalue weighted by Crippen LogP contribution is 2.41. The predicted octanol–water partition coefficient (Wildman–Crippen LogP) is 4.92. The molecule has 166 valence electrons. The van der Waals surface area contributed by atoms with Gasteiger partial charge in [0.15, 0.2) is 0 Å². The van der Waals surface area contributed by atoms with Crippen molar-refractivity contribution in [1.82, 2.24) is 9.55 Å². The number of nitrogens with zero attached hydrogens (tertiary/aromatic N) is 3. The average Bonchev–Trinajstić information content (AvgIpc) is 3.28. The van der Waals surface area contributed by atoms with Gasteiger partial charge in [0.1, 0.15) is 10.8 Å². The number of carbonyl (C=O) groups is 1. The van der Waals surface area contributed by atoms with E-state index < -0.39 is 17.4 Å². The molecule has 0 aliphatic rings. The van der Waals surface area contributed by atoms with Gasteiger partial charge in [0.25, 0.3) is 0 Å². The average molecular weight is 461 g/mol. The summed E-state index contributed by atoms with van der Waals surface area (Å²) in [6.45, 7) is 8.58. The summed E-state index contributed by atoms with van der Waals surface area (Å²) in [5.74, 6) is 1.33. The molecule has 3 rings (SSSR count). The van der Waals surface area contributed by atoms with Crippen LogP contribution < -0.4 is 4.31 Å². The van der Waals surface area contributed by atoms with Gasteiger partial charge in [-0.05, 0) is 43.4 Å². The highest BCUT2D eigenvalue weighted by atomic mass is 32.2. The molecule has 0 aliphatic heterocycles. The molecule has 0 radical (unpaired) electrons. The Morgan fingerprint density at radius 2 is 2.03 bits per heavy atom. The molecule has 7 nitrogen and oxygen atoms in total. The van der Waals surface area contributed by atoms with Crippen LogP contribution in [0.2, 0.25) is 0 Å². The van der Waals surface area contributed by atoms with Gasteiger partial charge >= 0.3 is 6.09 Å². The van der Waals surface area contributed by atoms with Gasteiger partial charge in [0.05, 0.1) is 17.9 Å². The van der Waals surface area contributed by atoms with Crippen molar-refractivity contribution in [2.24, 2.45) is 5.92 Å². The Balaban J connectivity index is 1.98. The quantitative estimate of drug-likeness (QED) is 0.445. The summed E-state index contributed by atoms with van der Waals surface area (Å²) in [6, 6.07) is 9.86. The van der Waals surface area contributed by atoms with Crippen LogP contribution in [-0.4, -0.2) is 31.0 Å². The highest BCUT2D eigenvalue weighted by Gasteiger charge is 2.25. The number of thiophene rings is 1. The molecule has 9 heteroatoms. The Morgan fingerprint density at radius 3 is 2.58 bits per heavy atom. The summed E-state index contributed by atoms with van der Waals surface area (Å²) in [5, 5.41) is 0.348. The first-order chi connectivity index (χ1) is 14.8. The molecule has 3 aromatic rings. The second-order valence-electron chi connectivity index (χ2n) is 7.54. The minimum Gasteiger partial charge on any atom is -0.755 e. The molecule has 2 aromatic heterocycles. The molecular weight excluding hydrogens is 434 g/mol. The number of hydrogen-bond donors (Lipinski definition) is 0. The molecule has 0 aliphatic carbocycles. The van der Waals surface area contributed by atoms with E-state index in [0.717, 1.165) is 28.2 Å². The molecule has 1 unspecified atom stereocenters. The Kier molecular flexibility index (Phi) is 7.64. The normalized spacial score (nSPS) is 12.2. The molecule has 1 aromatic carbocycles. The van der Waals surface area contributed by atoms with Crippen LogP contribution in [0.1, 0.15) is 37.0 Å². The summed E-state index contributed by atoms with van der Waals surface area (Å²) < 4.78 is 31.6. The third-order valence-electron chi connectivity index (χ3n) is 4.68. The predicted molar refractivity (Wildman–Crippen MR) is 123 cm³/mol. The van der Waals surface area contributed by atoms with E-state index in [9.17, 15) is 13.6 Å². The molecular formula is C22H26N3O4S2-. The van der Waals surface area contributed by atoms with Crippen LogP contribution in [0.4, 0.5) is 9.80 Å². The Hall–Kier alpha value is -2.49. The Labute approximate surface area is 189 Å². The summed E-state index contributed by atoms with van der Waals surface area (Å²) in [6.07, 6.45) is 3.59. The number of carbonyl (C=O) groups excluding carboxylic acids is 1. The standard InChI is InChI=1S/C22H27N3O4S2/c1-5-29-22(26)25(31(27)28)21-20(13-19(30-21)12-15(2)3)18-8-6-17(7-9-18)14-24-11-10-23-16(24)4/h6-11,13,15H,5,12,14H2,1-4H3,(H,27,28)/p-1. The van der Waals surface area contributed by atoms with Gasteiger partial charge < -0.3 is 13.9 Å². The van der Waals surface area contributed by atoms with Gasteiger partial charge in [-0.3, -0.25) is 4.21 Å². The largest absolute Gasteiger partial charge is 0.755 e. The molecule has 1 amide bonds. The first kappa shape index (κ1) is 23.2. The SMILES string of the molecule is CCOC(=O)N(c1sc(CC(C)C)cc1-c1ccc(Cn2ccnc2C)cc1)S(=O)[O-]. The van der Waals surface area contributed by atoms with Crippen molar-refractivity contribution in [2.75, 3.05) is 10.9 Å². The fourth-order valence-corrected chi connectivity index (χ4v) is 5.23. The van der Waals surface area contributed by atoms with Crippen molar-refractivity contribution < 1.29 is 18.3 Å². The van der Waals surface area contributed by atoms with Crippen LogP contribution in [-0.2, 0) is 29.0 Å². The van der Waals surface area contributed by atoms with Crippen LogP contribution in [0.25, 0.3) is 11.1 Å². The number of hydrogen-bond acceptors (Lipinski definition) is 6. The van der Waals surface area contributed by atoms with E-state index in [0.29, 0.717) is 27.3 Å². The molecule has 1 atom stereocenters. The van der Waals surface area contributed by atoms with E-state index >= 15 is 0 Å². The number of aromatic nitrogens is 2. The number of imidazole rings is 1. The second kappa shape index (κ2) is 10.2. The third-order valence-corrected chi connectivity index (χ3v) is 6.57. The topological polar surface area (TPSA) is 87.5 Å². The molecule has 2 heterocycles. The van der Waals surface area contributed by atoms with Crippen LogP contribution in [0.5, 0.6) is 0 Å². The van der Waals surface area contributed by atoms with Crippen molar-refractivity contribution >= 4 is 33.7 Å². The fourth-order valence-electron chi connectivity index (χ4n) is 3.24. The van der Waals surface area contributed by atoms with Gasteiger partial charge in [-0.25, -0.2) is 9.78 Å². The van der Waals surface area contributed by atoms with Crippen LogP contribution in [0, 0.1) is 12.8 Å². The van der Waals surface area contributed by atoms with Gasteiger partial charge in [0, 0.05) is 29.4 Å². The van der Waals surface area contributed by atoms with Crippen molar-refractivity contribution in [3.8, 4) is 11.1 Å². The first-order valence-electron chi connectivity index (χ1n) is 10.1. The molecule has 0 saturated carbocycles. The zero-order valence-corrected chi connectivity index (χ0v) is 19.7. The zero-order valence-electron chi connectivity index (χ0n) is 18.0. The van der Waals surface area contributed by atoms with Crippen molar-refractivity contribution in [1.29, 1.82) is 0 Å². The zero-order chi connectivity index (χ0) is 22.5. The number of anilines is 1. The smallest absolute Gasteiger partial charge is 0.426 e. The monoisotopic (exact) mass is 460 g/mol. The number of rotatable bonds is 8. The Bertz CT molecular complexity index is 1060. The summed E-state index contributed by atoms with van der Waals surface area (Å²) in [5.41, 5.74) is 2.63. The van der Waals surface area contributed by atoms with Gasteiger partial charge in [-0.15, -0.1) is 11.3 Å². The van der Waals surface area contributed by atoms with Crippen LogP contribution in [0.3, 0.4) is 0 Å².